The molecule has 2 N–H and O–H groups in total. The lowest BCUT2D eigenvalue weighted by molar-refractivity contribution is 0.180. The highest BCUT2D eigenvalue weighted by atomic mass is 127. The number of methoxy groups -OCH3 is 1. The van der Waals surface area contributed by atoms with Crippen LogP contribution in [-0.2, 0) is 4.74 Å². The van der Waals surface area contributed by atoms with E-state index in [1.165, 1.54) is 19.5 Å². The van der Waals surface area contributed by atoms with Crippen LogP contribution < -0.4 is 10.6 Å². The zero-order valence-electron chi connectivity index (χ0n) is 17.3. The Morgan fingerprint density at radius 2 is 1.96 bits per heavy atom. The summed E-state index contributed by atoms with van der Waals surface area (Å²) in [4.78, 5) is 12.0. The Morgan fingerprint density at radius 1 is 1.15 bits per heavy atom. The monoisotopic (exact) mass is 484 g/mol. The Hall–Kier alpha value is -0.160. The topological polar surface area (TPSA) is 55.4 Å². The van der Waals surface area contributed by atoms with E-state index in [4.69, 9.17) is 9.73 Å². The number of aliphatic imine (C=N–C) groups is 1. The van der Waals surface area contributed by atoms with Gasteiger partial charge in [-0.05, 0) is 47.0 Å². The number of ether oxygens (including phenoxy) is 1. The SMILES string of the molecule is CCNC(=NCCN1CCCN(C)CC1)NCCN(C)CCCOC.I. The molecule has 0 unspecified atom stereocenters. The molecule has 0 radical (unpaired) electrons. The number of likely N-dealkylation sites (N-methyl/N-ethyl adjacent to an activating group) is 2. The fourth-order valence-corrected chi connectivity index (χ4v) is 2.92. The van der Waals surface area contributed by atoms with Gasteiger partial charge in [-0.15, -0.1) is 24.0 Å². The molecule has 0 saturated carbocycles. The third-order valence-corrected chi connectivity index (χ3v) is 4.52. The summed E-state index contributed by atoms with van der Waals surface area (Å²) in [5, 5.41) is 6.78. The second-order valence-corrected chi connectivity index (χ2v) is 6.84. The van der Waals surface area contributed by atoms with E-state index in [0.717, 1.165) is 71.3 Å². The van der Waals surface area contributed by atoms with Crippen LogP contribution in [0.25, 0.3) is 0 Å². The van der Waals surface area contributed by atoms with Crippen molar-refractivity contribution in [1.82, 2.24) is 25.3 Å². The van der Waals surface area contributed by atoms with Crippen molar-refractivity contribution in [1.29, 1.82) is 0 Å². The molecule has 0 bridgehead atoms. The fraction of sp³-hybridized carbons (Fsp3) is 0.944. The maximum atomic E-state index is 5.10. The van der Waals surface area contributed by atoms with Gasteiger partial charge in [0.15, 0.2) is 5.96 Å². The number of guanidine groups is 1. The Bertz CT molecular complexity index is 359. The lowest BCUT2D eigenvalue weighted by atomic mass is 10.4. The van der Waals surface area contributed by atoms with Crippen LogP contribution in [0.3, 0.4) is 0 Å². The van der Waals surface area contributed by atoms with Gasteiger partial charge in [0.25, 0.3) is 0 Å². The number of rotatable bonds is 11. The minimum absolute atomic E-state index is 0. The van der Waals surface area contributed by atoms with Crippen LogP contribution in [-0.4, -0.2) is 114 Å². The molecular formula is C18H41IN6O. The van der Waals surface area contributed by atoms with E-state index in [0.29, 0.717) is 0 Å². The highest BCUT2D eigenvalue weighted by Gasteiger charge is 2.11. The summed E-state index contributed by atoms with van der Waals surface area (Å²) in [5.74, 6) is 0.930. The van der Waals surface area contributed by atoms with Crippen molar-refractivity contribution in [3.8, 4) is 0 Å². The van der Waals surface area contributed by atoms with E-state index in [2.05, 4.69) is 46.4 Å². The number of halogens is 1. The summed E-state index contributed by atoms with van der Waals surface area (Å²) in [7, 11) is 6.11. The first kappa shape index (κ1) is 25.8. The summed E-state index contributed by atoms with van der Waals surface area (Å²) in [6.07, 6.45) is 2.33. The van der Waals surface area contributed by atoms with Crippen molar-refractivity contribution in [2.45, 2.75) is 19.8 Å². The van der Waals surface area contributed by atoms with Crippen molar-refractivity contribution in [3.63, 3.8) is 0 Å². The molecule has 0 aliphatic carbocycles. The van der Waals surface area contributed by atoms with Crippen LogP contribution in [0.15, 0.2) is 4.99 Å². The van der Waals surface area contributed by atoms with E-state index in [-0.39, 0.29) is 24.0 Å². The molecule has 8 heteroatoms. The molecule has 0 amide bonds. The van der Waals surface area contributed by atoms with Gasteiger partial charge in [0, 0.05) is 59.5 Å². The molecular weight excluding hydrogens is 443 g/mol. The zero-order valence-corrected chi connectivity index (χ0v) is 19.6. The predicted molar refractivity (Wildman–Crippen MR) is 122 cm³/mol. The summed E-state index contributed by atoms with van der Waals surface area (Å²) < 4.78 is 5.10. The minimum Gasteiger partial charge on any atom is -0.385 e. The van der Waals surface area contributed by atoms with E-state index < -0.39 is 0 Å². The average Bonchev–Trinajstić information content (AvgIpc) is 2.79. The second-order valence-electron chi connectivity index (χ2n) is 6.84. The zero-order chi connectivity index (χ0) is 18.3. The molecule has 1 heterocycles. The molecule has 0 atom stereocenters. The maximum absolute atomic E-state index is 5.10. The number of nitrogens with zero attached hydrogens (tertiary/aromatic N) is 4. The molecule has 0 spiro atoms. The van der Waals surface area contributed by atoms with Crippen LogP contribution >= 0.6 is 24.0 Å². The molecule has 1 rings (SSSR count). The third kappa shape index (κ3) is 13.1. The molecule has 1 fully saturated rings. The van der Waals surface area contributed by atoms with Gasteiger partial charge in [-0.2, -0.15) is 0 Å². The summed E-state index contributed by atoms with van der Waals surface area (Å²) in [6.45, 7) is 13.4. The van der Waals surface area contributed by atoms with Gasteiger partial charge in [0.05, 0.1) is 6.54 Å². The maximum Gasteiger partial charge on any atom is 0.191 e. The third-order valence-electron chi connectivity index (χ3n) is 4.52. The Balaban J connectivity index is 0.00000625. The van der Waals surface area contributed by atoms with Gasteiger partial charge >= 0.3 is 0 Å². The molecule has 0 aromatic heterocycles. The van der Waals surface area contributed by atoms with Gasteiger partial charge in [-0.1, -0.05) is 0 Å². The van der Waals surface area contributed by atoms with Crippen molar-refractivity contribution >= 4 is 29.9 Å². The number of hydrogen-bond donors (Lipinski definition) is 2. The first-order chi connectivity index (χ1) is 12.2. The number of hydrogen-bond acceptors (Lipinski definition) is 5. The Kier molecular flexibility index (Phi) is 16.9. The molecule has 1 aliphatic heterocycles. The number of nitrogens with one attached hydrogen (secondary N) is 2. The standard InChI is InChI=1S/C18H40N6O.HI/c1-5-19-18(20-8-13-22(2)11-7-17-25-4)21-9-14-24-12-6-10-23(3)15-16-24;/h5-17H2,1-4H3,(H2,19,20,21);1H. The first-order valence-corrected chi connectivity index (χ1v) is 9.76. The molecule has 1 aliphatic rings. The molecule has 0 aromatic carbocycles. The normalized spacial score (nSPS) is 17.0. The highest BCUT2D eigenvalue weighted by molar-refractivity contribution is 14.0. The van der Waals surface area contributed by atoms with Gasteiger partial charge in [-0.3, -0.25) is 4.99 Å². The lowest BCUT2D eigenvalue weighted by Crippen LogP contribution is -2.41. The lowest BCUT2D eigenvalue weighted by Gasteiger charge is -2.20. The van der Waals surface area contributed by atoms with Crippen LogP contribution in [0.2, 0.25) is 0 Å². The average molecular weight is 484 g/mol. The largest absolute Gasteiger partial charge is 0.385 e. The van der Waals surface area contributed by atoms with Gasteiger partial charge in [0.2, 0.25) is 0 Å². The molecule has 156 valence electrons. The van der Waals surface area contributed by atoms with Crippen LogP contribution in [0.4, 0.5) is 0 Å². The Morgan fingerprint density at radius 3 is 2.69 bits per heavy atom. The first-order valence-electron chi connectivity index (χ1n) is 9.76. The van der Waals surface area contributed by atoms with Crippen molar-refractivity contribution < 1.29 is 4.74 Å². The molecule has 0 aromatic rings. The van der Waals surface area contributed by atoms with Gasteiger partial charge < -0.3 is 30.1 Å². The van der Waals surface area contributed by atoms with Crippen molar-refractivity contribution in [2.75, 3.05) is 93.3 Å². The van der Waals surface area contributed by atoms with Gasteiger partial charge in [0.1, 0.15) is 0 Å². The summed E-state index contributed by atoms with van der Waals surface area (Å²) >= 11 is 0. The van der Waals surface area contributed by atoms with E-state index in [1.54, 1.807) is 7.11 Å². The summed E-state index contributed by atoms with van der Waals surface area (Å²) in [5.41, 5.74) is 0. The van der Waals surface area contributed by atoms with Crippen LogP contribution in [0.1, 0.15) is 19.8 Å². The smallest absolute Gasteiger partial charge is 0.191 e. The van der Waals surface area contributed by atoms with Crippen LogP contribution in [0.5, 0.6) is 0 Å². The molecule has 26 heavy (non-hydrogen) atoms. The van der Waals surface area contributed by atoms with Crippen molar-refractivity contribution in [3.05, 3.63) is 0 Å². The van der Waals surface area contributed by atoms with E-state index in [9.17, 15) is 0 Å². The molecule has 7 nitrogen and oxygen atoms in total. The molecule has 1 saturated heterocycles. The summed E-state index contributed by atoms with van der Waals surface area (Å²) in [6, 6.07) is 0. The second kappa shape index (κ2) is 17.0. The van der Waals surface area contributed by atoms with E-state index >= 15 is 0 Å². The van der Waals surface area contributed by atoms with Crippen LogP contribution in [0, 0.1) is 0 Å². The predicted octanol–water partition coefficient (Wildman–Crippen LogP) is 0.765. The quantitative estimate of drug-likeness (QED) is 0.196. The Labute approximate surface area is 177 Å². The van der Waals surface area contributed by atoms with Crippen molar-refractivity contribution in [2.24, 2.45) is 4.99 Å². The van der Waals surface area contributed by atoms with Gasteiger partial charge in [-0.25, -0.2) is 0 Å². The minimum atomic E-state index is 0. The van der Waals surface area contributed by atoms with E-state index in [1.807, 2.05) is 0 Å². The fourth-order valence-electron chi connectivity index (χ4n) is 2.92. The highest BCUT2D eigenvalue weighted by Crippen LogP contribution is 2.00.